The van der Waals surface area contributed by atoms with Gasteiger partial charge in [0.25, 0.3) is 0 Å². The van der Waals surface area contributed by atoms with E-state index < -0.39 is 0 Å². The molecule has 0 saturated carbocycles. The zero-order valence-corrected chi connectivity index (χ0v) is 10.5. The van der Waals surface area contributed by atoms with Crippen LogP contribution in [0.4, 0.5) is 0 Å². The molecular weight excluding hydrogens is 200 g/mol. The quantitative estimate of drug-likeness (QED) is 0.724. The number of hydrogen-bond donors (Lipinski definition) is 1. The Morgan fingerprint density at radius 1 is 1.56 bits per heavy atom. The molecule has 3 nitrogen and oxygen atoms in total. The largest absolute Gasteiger partial charge is 0.339 e. The van der Waals surface area contributed by atoms with Crippen LogP contribution in [0.3, 0.4) is 0 Å². The number of hydrogen-bond acceptors (Lipinski definition) is 2. The maximum Gasteiger partial charge on any atom is 0.245 e. The molecule has 1 amide bonds. The molecule has 0 radical (unpaired) electrons. The maximum atomic E-state index is 11.4. The normalized spacial score (nSPS) is 19.5. The monoisotopic (exact) mass is 224 g/mol. The summed E-state index contributed by atoms with van der Waals surface area (Å²) in [6, 6.07) is 1.17. The van der Waals surface area contributed by atoms with Crippen LogP contribution in [0.25, 0.3) is 0 Å². The molecule has 0 bridgehead atoms. The van der Waals surface area contributed by atoms with E-state index in [-0.39, 0.29) is 5.91 Å². The molecule has 1 atom stereocenters. The third-order valence-corrected chi connectivity index (χ3v) is 3.22. The number of rotatable bonds is 5. The van der Waals surface area contributed by atoms with Crippen LogP contribution in [0.2, 0.25) is 0 Å². The zero-order chi connectivity index (χ0) is 12.0. The summed E-state index contributed by atoms with van der Waals surface area (Å²) >= 11 is 0. The minimum Gasteiger partial charge on any atom is -0.339 e. The molecule has 1 N–H and O–H groups in total. The number of piperidine rings is 1. The van der Waals surface area contributed by atoms with Crippen molar-refractivity contribution in [3.8, 4) is 0 Å². The van der Waals surface area contributed by atoms with Crippen molar-refractivity contribution in [2.45, 2.75) is 51.6 Å². The average molecular weight is 224 g/mol. The van der Waals surface area contributed by atoms with Gasteiger partial charge in [0.05, 0.1) is 0 Å². The number of nitrogens with one attached hydrogen (secondary N) is 1. The van der Waals surface area contributed by atoms with E-state index in [1.807, 2.05) is 4.90 Å². The number of carbonyl (C=O) groups is 1. The van der Waals surface area contributed by atoms with Gasteiger partial charge in [0.1, 0.15) is 0 Å². The van der Waals surface area contributed by atoms with Gasteiger partial charge in [0, 0.05) is 25.2 Å². The Morgan fingerprint density at radius 2 is 2.19 bits per heavy atom. The molecule has 0 aromatic rings. The first kappa shape index (κ1) is 13.2. The lowest BCUT2D eigenvalue weighted by Gasteiger charge is -2.33. The van der Waals surface area contributed by atoms with Gasteiger partial charge in [-0.15, -0.1) is 0 Å². The van der Waals surface area contributed by atoms with E-state index in [2.05, 4.69) is 25.7 Å². The van der Waals surface area contributed by atoms with Gasteiger partial charge in [-0.2, -0.15) is 0 Å². The molecule has 1 unspecified atom stereocenters. The van der Waals surface area contributed by atoms with E-state index in [1.165, 1.54) is 18.9 Å². The molecule has 0 spiro atoms. The first-order chi connectivity index (χ1) is 7.67. The molecule has 1 heterocycles. The second-order valence-corrected chi connectivity index (χ2v) is 4.66. The second-order valence-electron chi connectivity index (χ2n) is 4.66. The summed E-state index contributed by atoms with van der Waals surface area (Å²) in [7, 11) is 0. The number of nitrogens with zero attached hydrogens (tertiary/aromatic N) is 1. The topological polar surface area (TPSA) is 32.3 Å². The first-order valence-electron chi connectivity index (χ1n) is 6.34. The number of likely N-dealkylation sites (tertiary alicyclic amines) is 1. The van der Waals surface area contributed by atoms with E-state index in [1.54, 1.807) is 0 Å². The van der Waals surface area contributed by atoms with Crippen molar-refractivity contribution in [2.75, 3.05) is 13.1 Å². The predicted molar refractivity (Wildman–Crippen MR) is 67.3 cm³/mol. The van der Waals surface area contributed by atoms with E-state index >= 15 is 0 Å². The summed E-state index contributed by atoms with van der Waals surface area (Å²) in [5, 5.41) is 3.63. The minimum atomic E-state index is 0.0695. The Bertz CT molecular complexity index is 232. The van der Waals surface area contributed by atoms with Crippen molar-refractivity contribution in [3.05, 3.63) is 12.7 Å². The Morgan fingerprint density at radius 3 is 2.69 bits per heavy atom. The van der Waals surface area contributed by atoms with Gasteiger partial charge < -0.3 is 10.2 Å². The highest BCUT2D eigenvalue weighted by molar-refractivity contribution is 5.87. The van der Waals surface area contributed by atoms with Crippen molar-refractivity contribution in [1.82, 2.24) is 10.2 Å². The molecule has 1 aliphatic heterocycles. The number of carbonyl (C=O) groups excluding carboxylic acids is 1. The average Bonchev–Trinajstić information content (AvgIpc) is 2.29. The van der Waals surface area contributed by atoms with Crippen molar-refractivity contribution >= 4 is 5.91 Å². The van der Waals surface area contributed by atoms with Crippen LogP contribution >= 0.6 is 0 Å². The van der Waals surface area contributed by atoms with Gasteiger partial charge in [-0.25, -0.2) is 0 Å². The van der Waals surface area contributed by atoms with Crippen LogP contribution in [-0.4, -0.2) is 36.0 Å². The molecule has 3 heteroatoms. The summed E-state index contributed by atoms with van der Waals surface area (Å²) in [5.41, 5.74) is 0. The smallest absolute Gasteiger partial charge is 0.245 e. The third kappa shape index (κ3) is 3.97. The van der Waals surface area contributed by atoms with Crippen LogP contribution in [0.1, 0.15) is 39.5 Å². The molecule has 0 aliphatic carbocycles. The lowest BCUT2D eigenvalue weighted by molar-refractivity contribution is -0.127. The van der Waals surface area contributed by atoms with Crippen molar-refractivity contribution in [2.24, 2.45) is 0 Å². The lowest BCUT2D eigenvalue weighted by Crippen LogP contribution is -2.46. The molecule has 1 aliphatic rings. The van der Waals surface area contributed by atoms with E-state index in [9.17, 15) is 4.79 Å². The van der Waals surface area contributed by atoms with Gasteiger partial charge in [-0.3, -0.25) is 4.79 Å². The molecule has 92 valence electrons. The fourth-order valence-electron chi connectivity index (χ4n) is 2.31. The van der Waals surface area contributed by atoms with E-state index in [0.717, 1.165) is 25.9 Å². The predicted octanol–water partition coefficient (Wildman–Crippen LogP) is 1.94. The molecule has 1 rings (SSSR count). The summed E-state index contributed by atoms with van der Waals surface area (Å²) < 4.78 is 0. The summed E-state index contributed by atoms with van der Waals surface area (Å²) in [6.45, 7) is 9.70. The van der Waals surface area contributed by atoms with Gasteiger partial charge in [-0.05, 0) is 32.3 Å². The van der Waals surface area contributed by atoms with Crippen LogP contribution in [-0.2, 0) is 4.79 Å². The van der Waals surface area contributed by atoms with E-state index in [0.29, 0.717) is 12.1 Å². The van der Waals surface area contributed by atoms with Crippen molar-refractivity contribution in [3.63, 3.8) is 0 Å². The molecule has 0 aromatic heterocycles. The van der Waals surface area contributed by atoms with Crippen LogP contribution in [0.5, 0.6) is 0 Å². The lowest BCUT2D eigenvalue weighted by atomic mass is 10.0. The van der Waals surface area contributed by atoms with Crippen LogP contribution in [0.15, 0.2) is 12.7 Å². The van der Waals surface area contributed by atoms with Gasteiger partial charge in [0.15, 0.2) is 0 Å². The summed E-state index contributed by atoms with van der Waals surface area (Å²) in [6.07, 6.45) is 5.99. The highest BCUT2D eigenvalue weighted by Gasteiger charge is 2.21. The highest BCUT2D eigenvalue weighted by atomic mass is 16.2. The van der Waals surface area contributed by atoms with Crippen molar-refractivity contribution < 1.29 is 4.79 Å². The minimum absolute atomic E-state index is 0.0695. The zero-order valence-electron chi connectivity index (χ0n) is 10.5. The van der Waals surface area contributed by atoms with Crippen LogP contribution < -0.4 is 5.32 Å². The van der Waals surface area contributed by atoms with Gasteiger partial charge >= 0.3 is 0 Å². The molecule has 1 fully saturated rings. The van der Waals surface area contributed by atoms with Gasteiger partial charge in [-0.1, -0.05) is 19.9 Å². The number of amides is 1. The van der Waals surface area contributed by atoms with Crippen molar-refractivity contribution in [1.29, 1.82) is 0 Å². The standard InChI is InChI=1S/C13H24N2O/c1-4-6-11(3)14-12-7-9-15(10-8-12)13(16)5-2/h5,11-12,14H,2,4,6-10H2,1,3H3. The second kappa shape index (κ2) is 6.69. The molecule has 16 heavy (non-hydrogen) atoms. The molecular formula is C13H24N2O. The summed E-state index contributed by atoms with van der Waals surface area (Å²) in [4.78, 5) is 13.3. The van der Waals surface area contributed by atoms with Crippen LogP contribution in [0, 0.1) is 0 Å². The Balaban J connectivity index is 2.26. The van der Waals surface area contributed by atoms with E-state index in [4.69, 9.17) is 0 Å². The SMILES string of the molecule is C=CC(=O)N1CCC(NC(C)CCC)CC1. The Labute approximate surface area is 98.9 Å². The van der Waals surface area contributed by atoms with Gasteiger partial charge in [0.2, 0.25) is 5.91 Å². The summed E-state index contributed by atoms with van der Waals surface area (Å²) in [5.74, 6) is 0.0695. The highest BCUT2D eigenvalue weighted by Crippen LogP contribution is 2.12. The first-order valence-corrected chi connectivity index (χ1v) is 6.34. The third-order valence-electron chi connectivity index (χ3n) is 3.22. The fourth-order valence-corrected chi connectivity index (χ4v) is 2.31. The fraction of sp³-hybridized carbons (Fsp3) is 0.769. The molecule has 1 saturated heterocycles. The Hall–Kier alpha value is -0.830. The molecule has 0 aromatic carbocycles. The Kier molecular flexibility index (Phi) is 5.53. The maximum absolute atomic E-state index is 11.4.